The third-order valence-electron chi connectivity index (χ3n) is 2.78. The summed E-state index contributed by atoms with van der Waals surface area (Å²) in [5, 5.41) is 2.82. The number of carbonyl (C=O) groups excluding carboxylic acids is 2. The molecule has 0 spiro atoms. The summed E-state index contributed by atoms with van der Waals surface area (Å²) in [6.07, 6.45) is -0.554. The van der Waals surface area contributed by atoms with E-state index in [1.54, 1.807) is 26.8 Å². The Morgan fingerprint density at radius 3 is 2.71 bits per heavy atom. The summed E-state index contributed by atoms with van der Waals surface area (Å²) in [7, 11) is 0. The molecule has 0 aromatic carbocycles. The smallest absolute Gasteiger partial charge is 0.408 e. The number of hydrogen-bond donors (Lipinski definition) is 1. The van der Waals surface area contributed by atoms with Crippen molar-refractivity contribution in [3.8, 4) is 5.75 Å². The normalized spacial score (nSPS) is 16.9. The van der Waals surface area contributed by atoms with Crippen LogP contribution in [0.2, 0.25) is 5.15 Å². The van der Waals surface area contributed by atoms with Crippen LogP contribution in [0.25, 0.3) is 0 Å². The van der Waals surface area contributed by atoms with Crippen LogP contribution in [0.1, 0.15) is 49.8 Å². The number of aromatic nitrogens is 1. The summed E-state index contributed by atoms with van der Waals surface area (Å²) in [5.74, 6) is 0.186. The largest absolute Gasteiger partial charge is 0.487 e. The van der Waals surface area contributed by atoms with Gasteiger partial charge < -0.3 is 14.8 Å². The second-order valence-electron chi connectivity index (χ2n) is 5.78. The Bertz CT molecular complexity index is 595. The summed E-state index contributed by atoms with van der Waals surface area (Å²) in [5.41, 5.74) is 0.276. The van der Waals surface area contributed by atoms with Crippen molar-refractivity contribution in [3.63, 3.8) is 0 Å². The molecule has 2 rings (SSSR count). The van der Waals surface area contributed by atoms with Gasteiger partial charge in [-0.3, -0.25) is 4.79 Å². The van der Waals surface area contributed by atoms with Crippen LogP contribution in [0.4, 0.5) is 4.79 Å². The van der Waals surface area contributed by atoms with Crippen LogP contribution >= 0.6 is 11.6 Å². The van der Waals surface area contributed by atoms with Crippen LogP contribution < -0.4 is 10.1 Å². The molecular formula is C14H17ClN2O4. The molecule has 2 heterocycles. The number of amides is 1. The topological polar surface area (TPSA) is 77.5 Å². The molecule has 7 heteroatoms. The molecule has 0 bridgehead atoms. The van der Waals surface area contributed by atoms with Crippen molar-refractivity contribution < 1.29 is 19.1 Å². The Hall–Kier alpha value is -1.82. The number of pyridine rings is 1. The number of Topliss-reactive ketones (excluding diaryl/α,β-unsaturated/α-hetero) is 1. The van der Waals surface area contributed by atoms with Gasteiger partial charge in [-0.25, -0.2) is 9.78 Å². The minimum Gasteiger partial charge on any atom is -0.487 e. The lowest BCUT2D eigenvalue weighted by molar-refractivity contribution is 0.0497. The maximum Gasteiger partial charge on any atom is 0.408 e. The molecule has 1 aliphatic rings. The number of rotatable bonds is 2. The Labute approximate surface area is 127 Å². The van der Waals surface area contributed by atoms with Gasteiger partial charge in [0, 0.05) is 12.5 Å². The lowest BCUT2D eigenvalue weighted by Crippen LogP contribution is -2.35. The molecule has 1 aromatic heterocycles. The van der Waals surface area contributed by atoms with Gasteiger partial charge in [-0.15, -0.1) is 0 Å². The number of hydrogen-bond acceptors (Lipinski definition) is 5. The lowest BCUT2D eigenvalue weighted by Gasteiger charge is -2.21. The average molecular weight is 313 g/mol. The molecule has 114 valence electrons. The standard InChI is InChI=1S/C14H17ClN2O4/c1-7(18)9-5-8-10(6-20-11(8)12(15)16-9)17-13(19)21-14(2,3)4/h5,10H,6H2,1-4H3,(H,17,19). The summed E-state index contributed by atoms with van der Waals surface area (Å²) in [4.78, 5) is 27.2. The zero-order chi connectivity index (χ0) is 15.8. The Morgan fingerprint density at radius 1 is 1.48 bits per heavy atom. The maximum absolute atomic E-state index is 11.8. The molecule has 0 radical (unpaired) electrons. The Kier molecular flexibility index (Phi) is 4.09. The highest BCUT2D eigenvalue weighted by molar-refractivity contribution is 6.31. The molecule has 0 aliphatic carbocycles. The first-order valence-corrected chi connectivity index (χ1v) is 6.89. The SMILES string of the molecule is CC(=O)c1cc2c(c(Cl)n1)OCC2NC(=O)OC(C)(C)C. The van der Waals surface area contributed by atoms with E-state index in [2.05, 4.69) is 10.3 Å². The van der Waals surface area contributed by atoms with Crippen molar-refractivity contribution in [2.24, 2.45) is 0 Å². The third-order valence-corrected chi connectivity index (χ3v) is 3.04. The minimum atomic E-state index is -0.590. The zero-order valence-electron chi connectivity index (χ0n) is 12.3. The van der Waals surface area contributed by atoms with E-state index >= 15 is 0 Å². The van der Waals surface area contributed by atoms with Gasteiger partial charge in [0.25, 0.3) is 0 Å². The number of ether oxygens (including phenoxy) is 2. The molecule has 1 amide bonds. The van der Waals surface area contributed by atoms with E-state index in [9.17, 15) is 9.59 Å². The summed E-state index contributed by atoms with van der Waals surface area (Å²) >= 11 is 5.99. The number of nitrogens with one attached hydrogen (secondary N) is 1. The number of halogens is 1. The Morgan fingerprint density at radius 2 is 2.14 bits per heavy atom. The molecule has 1 aliphatic heterocycles. The zero-order valence-corrected chi connectivity index (χ0v) is 13.1. The quantitative estimate of drug-likeness (QED) is 0.671. The van der Waals surface area contributed by atoms with Gasteiger partial charge in [-0.2, -0.15) is 0 Å². The van der Waals surface area contributed by atoms with E-state index in [0.29, 0.717) is 11.3 Å². The highest BCUT2D eigenvalue weighted by Crippen LogP contribution is 2.37. The molecule has 21 heavy (non-hydrogen) atoms. The van der Waals surface area contributed by atoms with Gasteiger partial charge in [0.1, 0.15) is 17.9 Å². The fourth-order valence-electron chi connectivity index (χ4n) is 1.93. The maximum atomic E-state index is 11.8. The molecule has 1 unspecified atom stereocenters. The first-order valence-electron chi connectivity index (χ1n) is 6.51. The van der Waals surface area contributed by atoms with Gasteiger partial charge in [0.15, 0.2) is 16.7 Å². The van der Waals surface area contributed by atoms with Gasteiger partial charge in [0.05, 0.1) is 6.04 Å². The highest BCUT2D eigenvalue weighted by atomic mass is 35.5. The molecule has 0 saturated carbocycles. The van der Waals surface area contributed by atoms with E-state index in [0.717, 1.165) is 0 Å². The fraction of sp³-hybridized carbons (Fsp3) is 0.500. The summed E-state index contributed by atoms with van der Waals surface area (Å²) in [6.45, 7) is 6.95. The highest BCUT2D eigenvalue weighted by Gasteiger charge is 2.31. The van der Waals surface area contributed by atoms with Crippen LogP contribution in [-0.4, -0.2) is 29.1 Å². The Balaban J connectivity index is 2.21. The van der Waals surface area contributed by atoms with Gasteiger partial charge in [-0.05, 0) is 26.8 Å². The molecule has 1 atom stereocenters. The summed E-state index contributed by atoms with van der Waals surface area (Å²) < 4.78 is 10.6. The van der Waals surface area contributed by atoms with Crippen molar-refractivity contribution in [2.45, 2.75) is 39.3 Å². The average Bonchev–Trinajstić information content (AvgIpc) is 2.70. The van der Waals surface area contributed by atoms with Crippen LogP contribution in [0.15, 0.2) is 6.07 Å². The molecule has 1 N–H and O–H groups in total. The predicted octanol–water partition coefficient (Wildman–Crippen LogP) is 2.90. The predicted molar refractivity (Wildman–Crippen MR) is 76.9 cm³/mol. The van der Waals surface area contributed by atoms with E-state index in [4.69, 9.17) is 21.1 Å². The fourth-order valence-corrected chi connectivity index (χ4v) is 2.18. The van der Waals surface area contributed by atoms with Gasteiger partial charge in [0.2, 0.25) is 0 Å². The number of fused-ring (bicyclic) bond motifs is 1. The molecule has 1 aromatic rings. The van der Waals surface area contributed by atoms with Crippen molar-refractivity contribution in [3.05, 3.63) is 22.5 Å². The monoisotopic (exact) mass is 312 g/mol. The second-order valence-corrected chi connectivity index (χ2v) is 6.14. The van der Waals surface area contributed by atoms with Crippen LogP contribution in [0.3, 0.4) is 0 Å². The van der Waals surface area contributed by atoms with Gasteiger partial charge >= 0.3 is 6.09 Å². The van der Waals surface area contributed by atoms with Crippen molar-refractivity contribution >= 4 is 23.5 Å². The second kappa shape index (κ2) is 5.52. The van der Waals surface area contributed by atoms with Crippen LogP contribution in [0, 0.1) is 0 Å². The van der Waals surface area contributed by atoms with Crippen molar-refractivity contribution in [1.82, 2.24) is 10.3 Å². The number of carbonyl (C=O) groups is 2. The van der Waals surface area contributed by atoms with E-state index in [-0.39, 0.29) is 23.2 Å². The van der Waals surface area contributed by atoms with E-state index in [1.165, 1.54) is 6.92 Å². The van der Waals surface area contributed by atoms with E-state index in [1.807, 2.05) is 0 Å². The van der Waals surface area contributed by atoms with Crippen LogP contribution in [0.5, 0.6) is 5.75 Å². The first-order chi connectivity index (χ1) is 9.67. The number of nitrogens with zero attached hydrogens (tertiary/aromatic N) is 1. The lowest BCUT2D eigenvalue weighted by atomic mass is 10.1. The van der Waals surface area contributed by atoms with Crippen molar-refractivity contribution in [2.75, 3.05) is 6.61 Å². The number of alkyl carbamates (subject to hydrolysis) is 1. The van der Waals surface area contributed by atoms with Crippen LogP contribution in [-0.2, 0) is 4.74 Å². The first kappa shape index (κ1) is 15.6. The molecular weight excluding hydrogens is 296 g/mol. The number of ketones is 1. The van der Waals surface area contributed by atoms with Crippen molar-refractivity contribution in [1.29, 1.82) is 0 Å². The summed E-state index contributed by atoms with van der Waals surface area (Å²) in [6, 6.07) is 1.16. The molecule has 0 fully saturated rings. The third kappa shape index (κ3) is 3.64. The van der Waals surface area contributed by atoms with Gasteiger partial charge in [-0.1, -0.05) is 11.6 Å². The minimum absolute atomic E-state index is 0.117. The molecule has 0 saturated heterocycles. The van der Waals surface area contributed by atoms with E-state index < -0.39 is 17.7 Å². The molecule has 6 nitrogen and oxygen atoms in total.